The molecule has 0 aliphatic carbocycles. The molecule has 1 fully saturated rings. The van der Waals surface area contributed by atoms with E-state index < -0.39 is 48.4 Å². The summed E-state index contributed by atoms with van der Waals surface area (Å²) in [4.78, 5) is 21.3. The third-order valence-corrected chi connectivity index (χ3v) is 4.61. The highest BCUT2D eigenvalue weighted by atomic mass is 19.4. The number of anilines is 1. The Morgan fingerprint density at radius 3 is 2.45 bits per heavy atom. The standard InChI is InChI=1S/C17H15F7N4O3/c1-7(15(29)28-5-13(8(28)2)31-17(22,23)24)27-14-9-3-10(18)12(30-16(19,20)21)4-11(9)25-6-26-14/h3-4,6-8,13H,5H2,1-2H3,(H,25,26,27)/t7-,8+,13+/m1/s1. The van der Waals surface area contributed by atoms with E-state index in [0.717, 1.165) is 23.4 Å². The van der Waals surface area contributed by atoms with Gasteiger partial charge < -0.3 is 15.0 Å². The van der Waals surface area contributed by atoms with E-state index in [4.69, 9.17) is 0 Å². The number of hydrogen-bond acceptors (Lipinski definition) is 6. The lowest BCUT2D eigenvalue weighted by molar-refractivity contribution is -0.359. The lowest BCUT2D eigenvalue weighted by atomic mass is 9.99. The van der Waals surface area contributed by atoms with Gasteiger partial charge in [-0.2, -0.15) is 0 Å². The van der Waals surface area contributed by atoms with Crippen molar-refractivity contribution in [1.82, 2.24) is 14.9 Å². The molecule has 1 aliphatic heterocycles. The minimum Gasteiger partial charge on any atom is -0.403 e. The second-order valence-electron chi connectivity index (χ2n) is 6.77. The Balaban J connectivity index is 1.74. The maximum absolute atomic E-state index is 14.1. The number of nitrogens with zero attached hydrogens (tertiary/aromatic N) is 3. The van der Waals surface area contributed by atoms with Gasteiger partial charge in [0.15, 0.2) is 11.6 Å². The van der Waals surface area contributed by atoms with E-state index in [-0.39, 0.29) is 23.3 Å². The zero-order valence-corrected chi connectivity index (χ0v) is 15.9. The molecule has 2 heterocycles. The molecule has 7 nitrogen and oxygen atoms in total. The minimum atomic E-state index is -5.11. The predicted octanol–water partition coefficient (Wildman–Crippen LogP) is 3.60. The van der Waals surface area contributed by atoms with Gasteiger partial charge in [0.25, 0.3) is 0 Å². The Bertz CT molecular complexity index is 983. The van der Waals surface area contributed by atoms with Gasteiger partial charge in [0, 0.05) is 18.0 Å². The molecule has 14 heteroatoms. The molecular formula is C17H15F7N4O3. The highest BCUT2D eigenvalue weighted by Crippen LogP contribution is 2.32. The minimum absolute atomic E-state index is 0.0240. The molecule has 0 saturated carbocycles. The van der Waals surface area contributed by atoms with E-state index in [0.29, 0.717) is 0 Å². The maximum atomic E-state index is 14.1. The molecule has 1 N–H and O–H groups in total. The van der Waals surface area contributed by atoms with E-state index in [1.54, 1.807) is 0 Å². The number of alkyl halides is 6. The summed E-state index contributed by atoms with van der Waals surface area (Å²) in [6, 6.07) is -0.384. The number of rotatable bonds is 5. The topological polar surface area (TPSA) is 76.6 Å². The summed E-state index contributed by atoms with van der Waals surface area (Å²) in [6.45, 7) is 2.52. The van der Waals surface area contributed by atoms with Gasteiger partial charge in [0.2, 0.25) is 5.91 Å². The molecule has 2 aromatic rings. The molecule has 31 heavy (non-hydrogen) atoms. The van der Waals surface area contributed by atoms with Crippen LogP contribution in [0.15, 0.2) is 18.5 Å². The fourth-order valence-corrected chi connectivity index (χ4v) is 3.06. The van der Waals surface area contributed by atoms with E-state index in [2.05, 4.69) is 24.8 Å². The van der Waals surface area contributed by atoms with Gasteiger partial charge in [-0.15, -0.1) is 26.3 Å². The zero-order chi connectivity index (χ0) is 23.1. The number of likely N-dealkylation sites (tertiary alicyclic amines) is 1. The van der Waals surface area contributed by atoms with Crippen molar-refractivity contribution in [3.05, 3.63) is 24.3 Å². The van der Waals surface area contributed by atoms with Crippen LogP contribution in [0.3, 0.4) is 0 Å². The molecule has 1 aliphatic rings. The Kier molecular flexibility index (Phi) is 5.86. The molecule has 0 unspecified atom stereocenters. The number of benzene rings is 1. The summed E-state index contributed by atoms with van der Waals surface area (Å²) in [5.74, 6) is -3.04. The maximum Gasteiger partial charge on any atom is 0.573 e. The van der Waals surface area contributed by atoms with Crippen LogP contribution >= 0.6 is 0 Å². The third-order valence-electron chi connectivity index (χ3n) is 4.61. The van der Waals surface area contributed by atoms with E-state index in [1.165, 1.54) is 13.8 Å². The molecule has 0 spiro atoms. The van der Waals surface area contributed by atoms with Crippen molar-refractivity contribution >= 4 is 22.6 Å². The van der Waals surface area contributed by atoms with Gasteiger partial charge in [-0.1, -0.05) is 0 Å². The summed E-state index contributed by atoms with van der Waals surface area (Å²) in [7, 11) is 0. The van der Waals surface area contributed by atoms with Crippen LogP contribution in [0.4, 0.5) is 36.6 Å². The number of nitrogens with one attached hydrogen (secondary N) is 1. The van der Waals surface area contributed by atoms with Crippen LogP contribution < -0.4 is 10.1 Å². The Hall–Kier alpha value is -2.90. The lowest BCUT2D eigenvalue weighted by Gasteiger charge is -2.46. The van der Waals surface area contributed by atoms with E-state index >= 15 is 0 Å². The van der Waals surface area contributed by atoms with Crippen molar-refractivity contribution in [2.45, 2.75) is 44.8 Å². The van der Waals surface area contributed by atoms with Crippen LogP contribution in [0.2, 0.25) is 0 Å². The smallest absolute Gasteiger partial charge is 0.403 e. The first-order valence-electron chi connectivity index (χ1n) is 8.77. The lowest BCUT2D eigenvalue weighted by Crippen LogP contribution is -2.64. The first kappa shape index (κ1) is 22.8. The van der Waals surface area contributed by atoms with Gasteiger partial charge in [-0.3, -0.25) is 9.53 Å². The van der Waals surface area contributed by atoms with Gasteiger partial charge >= 0.3 is 12.7 Å². The molecular weight excluding hydrogens is 441 g/mol. The number of ether oxygens (including phenoxy) is 2. The van der Waals surface area contributed by atoms with Gasteiger partial charge in [-0.25, -0.2) is 14.4 Å². The second kappa shape index (κ2) is 7.98. The van der Waals surface area contributed by atoms with Gasteiger partial charge in [0.05, 0.1) is 11.6 Å². The number of hydrogen-bond donors (Lipinski definition) is 1. The van der Waals surface area contributed by atoms with Crippen LogP contribution in [-0.4, -0.2) is 58.2 Å². The van der Waals surface area contributed by atoms with Gasteiger partial charge in [-0.05, 0) is 19.9 Å². The summed E-state index contributed by atoms with van der Waals surface area (Å²) >= 11 is 0. The number of aromatic nitrogens is 2. The normalized spacial score (nSPS) is 20.4. The fourth-order valence-electron chi connectivity index (χ4n) is 3.06. The number of halogens is 7. The summed E-state index contributed by atoms with van der Waals surface area (Å²) in [5, 5.41) is 2.65. The Morgan fingerprint density at radius 1 is 1.19 bits per heavy atom. The van der Waals surface area contributed by atoms with Crippen LogP contribution in [-0.2, 0) is 9.53 Å². The van der Waals surface area contributed by atoms with Crippen molar-refractivity contribution < 1.29 is 45.0 Å². The van der Waals surface area contributed by atoms with Crippen LogP contribution in [0.5, 0.6) is 5.75 Å². The average Bonchev–Trinajstić information content (AvgIpc) is 2.63. The van der Waals surface area contributed by atoms with Crippen LogP contribution in [0.1, 0.15) is 13.8 Å². The van der Waals surface area contributed by atoms with E-state index in [9.17, 15) is 35.5 Å². The zero-order valence-electron chi connectivity index (χ0n) is 15.9. The number of amides is 1. The number of carbonyl (C=O) groups is 1. The third kappa shape index (κ3) is 5.24. The van der Waals surface area contributed by atoms with Crippen molar-refractivity contribution in [2.75, 3.05) is 11.9 Å². The van der Waals surface area contributed by atoms with Crippen molar-refractivity contribution in [1.29, 1.82) is 0 Å². The fraction of sp³-hybridized carbons (Fsp3) is 0.471. The molecule has 0 radical (unpaired) electrons. The molecule has 1 aromatic carbocycles. The van der Waals surface area contributed by atoms with E-state index in [1.807, 2.05) is 0 Å². The summed E-state index contributed by atoms with van der Waals surface area (Å²) < 4.78 is 95.7. The van der Waals surface area contributed by atoms with Gasteiger partial charge in [0.1, 0.15) is 24.3 Å². The Labute approximate surface area is 170 Å². The average molecular weight is 456 g/mol. The molecule has 3 atom stereocenters. The monoisotopic (exact) mass is 456 g/mol. The highest BCUT2D eigenvalue weighted by Gasteiger charge is 2.46. The van der Waals surface area contributed by atoms with Crippen LogP contribution in [0.25, 0.3) is 10.9 Å². The van der Waals surface area contributed by atoms with Crippen molar-refractivity contribution in [3.63, 3.8) is 0 Å². The molecule has 1 aromatic heterocycles. The Morgan fingerprint density at radius 2 is 1.87 bits per heavy atom. The number of carbonyl (C=O) groups excluding carboxylic acids is 1. The second-order valence-corrected chi connectivity index (χ2v) is 6.77. The predicted molar refractivity (Wildman–Crippen MR) is 91.4 cm³/mol. The van der Waals surface area contributed by atoms with Crippen molar-refractivity contribution in [2.24, 2.45) is 0 Å². The first-order valence-corrected chi connectivity index (χ1v) is 8.77. The molecule has 170 valence electrons. The first-order chi connectivity index (χ1) is 14.2. The number of fused-ring (bicyclic) bond motifs is 1. The molecule has 1 saturated heterocycles. The summed E-state index contributed by atoms with van der Waals surface area (Å²) in [5.41, 5.74) is -0.0891. The van der Waals surface area contributed by atoms with Crippen LogP contribution in [0, 0.1) is 5.82 Å². The molecule has 1 amide bonds. The quantitative estimate of drug-likeness (QED) is 0.693. The molecule has 0 bridgehead atoms. The molecule has 3 rings (SSSR count). The summed E-state index contributed by atoms with van der Waals surface area (Å²) in [6.07, 6.45) is -10.1. The SMILES string of the molecule is C[C@@H](Nc1ncnc2cc(OC(F)(F)F)c(F)cc12)C(=O)N1C[C@H](OC(F)(F)F)[C@@H]1C. The van der Waals surface area contributed by atoms with Crippen molar-refractivity contribution in [3.8, 4) is 5.75 Å². The highest BCUT2D eigenvalue weighted by molar-refractivity contribution is 5.93. The largest absolute Gasteiger partial charge is 0.573 e.